The molecule has 0 atom stereocenters. The third kappa shape index (κ3) is 7.29. The predicted octanol–water partition coefficient (Wildman–Crippen LogP) is 3.98. The van der Waals surface area contributed by atoms with Crippen molar-refractivity contribution in [1.82, 2.24) is 14.9 Å². The van der Waals surface area contributed by atoms with E-state index < -0.39 is 5.97 Å². The van der Waals surface area contributed by atoms with Crippen LogP contribution in [0.25, 0.3) is 0 Å². The highest BCUT2D eigenvalue weighted by Gasteiger charge is 2.22. The molecule has 0 amide bonds. The van der Waals surface area contributed by atoms with Crippen molar-refractivity contribution in [3.63, 3.8) is 0 Å². The van der Waals surface area contributed by atoms with Crippen LogP contribution < -0.4 is 14.8 Å². The van der Waals surface area contributed by atoms with Crippen molar-refractivity contribution in [3.8, 4) is 11.5 Å². The topological polar surface area (TPSA) is 95.0 Å². The lowest BCUT2D eigenvalue weighted by Crippen LogP contribution is -2.38. The van der Waals surface area contributed by atoms with Crippen molar-refractivity contribution in [2.24, 2.45) is 0 Å². The quantitative estimate of drug-likeness (QED) is 0.191. The molecule has 1 N–H and O–H groups in total. The minimum atomic E-state index is -0.546. The third-order valence-electron chi connectivity index (χ3n) is 5.14. The summed E-state index contributed by atoms with van der Waals surface area (Å²) in [6, 6.07) is 5.90. The van der Waals surface area contributed by atoms with Gasteiger partial charge in [0.1, 0.15) is 17.3 Å². The first-order valence-corrected chi connectivity index (χ1v) is 12.1. The largest absolute Gasteiger partial charge is 0.493 e. The Kier molecular flexibility index (Phi) is 9.78. The number of esters is 1. The van der Waals surface area contributed by atoms with E-state index in [4.69, 9.17) is 30.5 Å². The van der Waals surface area contributed by atoms with Crippen LogP contribution in [0.3, 0.4) is 0 Å². The molecule has 1 aromatic heterocycles. The molecule has 9 nitrogen and oxygen atoms in total. The normalized spacial score (nSPS) is 14.7. The lowest BCUT2D eigenvalue weighted by molar-refractivity contribution is 0.0501. The van der Waals surface area contributed by atoms with Gasteiger partial charge in [0, 0.05) is 38.9 Å². The smallest absolute Gasteiger partial charge is 0.356 e. The van der Waals surface area contributed by atoms with Crippen molar-refractivity contribution >= 4 is 46.0 Å². The van der Waals surface area contributed by atoms with Crippen LogP contribution in [0, 0.1) is 3.57 Å². The molecule has 0 unspecified atom stereocenters. The zero-order valence-corrected chi connectivity index (χ0v) is 21.8. The maximum Gasteiger partial charge on any atom is 0.356 e. The molecule has 1 fully saturated rings. The van der Waals surface area contributed by atoms with Gasteiger partial charge in [-0.15, -0.1) is 0 Å². The first kappa shape index (κ1) is 25.7. The van der Waals surface area contributed by atoms with Gasteiger partial charge in [-0.2, -0.15) is 0 Å². The van der Waals surface area contributed by atoms with Crippen molar-refractivity contribution in [2.75, 3.05) is 46.0 Å². The van der Waals surface area contributed by atoms with Gasteiger partial charge in [-0.25, -0.2) is 14.8 Å². The summed E-state index contributed by atoms with van der Waals surface area (Å²) in [6.45, 7) is 5.35. The van der Waals surface area contributed by atoms with Crippen molar-refractivity contribution in [3.05, 3.63) is 38.3 Å². The van der Waals surface area contributed by atoms with E-state index >= 15 is 0 Å². The molecule has 0 aliphatic carbocycles. The van der Waals surface area contributed by atoms with Crippen LogP contribution in [-0.4, -0.2) is 67.6 Å². The predicted molar refractivity (Wildman–Crippen MR) is 133 cm³/mol. The van der Waals surface area contributed by atoms with Gasteiger partial charge in [0.05, 0.1) is 17.3 Å². The van der Waals surface area contributed by atoms with Crippen LogP contribution >= 0.6 is 34.2 Å². The van der Waals surface area contributed by atoms with E-state index in [0.717, 1.165) is 53.1 Å². The molecular formula is C22H28ClIN4O5. The number of hydrogen-bond donors (Lipinski definition) is 1. The van der Waals surface area contributed by atoms with E-state index in [-0.39, 0.29) is 23.8 Å². The SMILES string of the molecule is CCOc1cc(CN2CCC(Nc3cc(C(=O)OC)nc(Cl)n3)CC2)cc(OCOC)c1I. The number of halogens is 2. The Hall–Kier alpha value is -1.89. The molecule has 33 heavy (non-hydrogen) atoms. The Bertz CT molecular complexity index is 957. The number of carbonyl (C=O) groups excluding carboxylic acids is 1. The Balaban J connectivity index is 1.61. The van der Waals surface area contributed by atoms with E-state index in [0.29, 0.717) is 12.4 Å². The Labute approximate surface area is 212 Å². The van der Waals surface area contributed by atoms with Gasteiger partial charge < -0.3 is 24.3 Å². The van der Waals surface area contributed by atoms with Gasteiger partial charge >= 0.3 is 5.97 Å². The number of benzene rings is 1. The number of likely N-dealkylation sites (tertiary alicyclic amines) is 1. The van der Waals surface area contributed by atoms with E-state index in [1.807, 2.05) is 13.0 Å². The third-order valence-corrected chi connectivity index (χ3v) is 6.37. The van der Waals surface area contributed by atoms with Gasteiger partial charge in [0.2, 0.25) is 5.28 Å². The van der Waals surface area contributed by atoms with E-state index in [2.05, 4.69) is 48.8 Å². The number of aromatic nitrogens is 2. The van der Waals surface area contributed by atoms with Crippen molar-refractivity contribution in [2.45, 2.75) is 32.4 Å². The van der Waals surface area contributed by atoms with E-state index in [1.54, 1.807) is 13.2 Å². The molecule has 11 heteroatoms. The fourth-order valence-corrected chi connectivity index (χ4v) is 4.41. The summed E-state index contributed by atoms with van der Waals surface area (Å²) in [7, 11) is 2.91. The molecule has 0 bridgehead atoms. The molecule has 1 aliphatic rings. The second-order valence-electron chi connectivity index (χ2n) is 7.48. The molecule has 2 aromatic rings. The van der Waals surface area contributed by atoms with Gasteiger partial charge in [0.25, 0.3) is 0 Å². The molecule has 180 valence electrons. The van der Waals surface area contributed by atoms with Gasteiger partial charge in [-0.05, 0) is 71.7 Å². The van der Waals surface area contributed by atoms with Crippen molar-refractivity contribution < 1.29 is 23.7 Å². The number of nitrogens with zero attached hydrogens (tertiary/aromatic N) is 3. The van der Waals surface area contributed by atoms with Crippen LogP contribution in [0.4, 0.5) is 5.82 Å². The molecule has 0 saturated carbocycles. The average Bonchev–Trinajstić information content (AvgIpc) is 2.80. The number of piperidine rings is 1. The number of nitrogens with one attached hydrogen (secondary N) is 1. The summed E-state index contributed by atoms with van der Waals surface area (Å²) < 4.78 is 22.3. The van der Waals surface area contributed by atoms with Gasteiger partial charge in [-0.1, -0.05) is 0 Å². The van der Waals surface area contributed by atoms with E-state index in [1.165, 1.54) is 7.11 Å². The molecule has 1 aromatic carbocycles. The fourth-order valence-electron chi connectivity index (χ4n) is 3.61. The molecule has 1 aliphatic heterocycles. The van der Waals surface area contributed by atoms with Crippen LogP contribution in [0.5, 0.6) is 11.5 Å². The number of methoxy groups -OCH3 is 2. The van der Waals surface area contributed by atoms with Crippen LogP contribution in [0.1, 0.15) is 35.8 Å². The lowest BCUT2D eigenvalue weighted by atomic mass is 10.0. The number of carbonyl (C=O) groups is 1. The first-order chi connectivity index (χ1) is 15.9. The number of rotatable bonds is 10. The maximum absolute atomic E-state index is 11.8. The minimum absolute atomic E-state index is 0.00754. The van der Waals surface area contributed by atoms with Crippen LogP contribution in [0.15, 0.2) is 18.2 Å². The number of hydrogen-bond acceptors (Lipinski definition) is 9. The summed E-state index contributed by atoms with van der Waals surface area (Å²) in [5.41, 5.74) is 1.26. The summed E-state index contributed by atoms with van der Waals surface area (Å²) in [5, 5.41) is 3.37. The zero-order valence-electron chi connectivity index (χ0n) is 18.9. The molecule has 1 saturated heterocycles. The molecule has 0 radical (unpaired) electrons. The highest BCUT2D eigenvalue weighted by atomic mass is 127. The lowest BCUT2D eigenvalue weighted by Gasteiger charge is -2.32. The monoisotopic (exact) mass is 590 g/mol. The second kappa shape index (κ2) is 12.5. The summed E-state index contributed by atoms with van der Waals surface area (Å²) >= 11 is 8.21. The Morgan fingerprint density at radius 1 is 1.18 bits per heavy atom. The standard InChI is InChI=1S/C22H28ClIN4O5/c1-4-32-17-9-14(10-18(20(17)24)33-13-30-2)12-28-7-5-15(6-8-28)25-19-11-16(21(29)31-3)26-22(23)27-19/h9-11,15H,4-8,12-13H2,1-3H3,(H,25,26,27). The van der Waals surface area contributed by atoms with Crippen molar-refractivity contribution in [1.29, 1.82) is 0 Å². The Morgan fingerprint density at radius 3 is 2.52 bits per heavy atom. The average molecular weight is 591 g/mol. The Morgan fingerprint density at radius 2 is 1.88 bits per heavy atom. The second-order valence-corrected chi connectivity index (χ2v) is 8.90. The molecule has 0 spiro atoms. The summed E-state index contributed by atoms with van der Waals surface area (Å²) in [6.07, 6.45) is 1.84. The zero-order chi connectivity index (χ0) is 23.8. The number of anilines is 1. The van der Waals surface area contributed by atoms with Crippen LogP contribution in [-0.2, 0) is 16.0 Å². The maximum atomic E-state index is 11.8. The first-order valence-electron chi connectivity index (χ1n) is 10.6. The van der Waals surface area contributed by atoms with Gasteiger partial charge in [-0.3, -0.25) is 4.90 Å². The van der Waals surface area contributed by atoms with Crippen LogP contribution in [0.2, 0.25) is 5.28 Å². The van der Waals surface area contributed by atoms with Gasteiger partial charge in [0.15, 0.2) is 12.5 Å². The molecule has 2 heterocycles. The van der Waals surface area contributed by atoms with E-state index in [9.17, 15) is 4.79 Å². The highest BCUT2D eigenvalue weighted by molar-refractivity contribution is 14.1. The minimum Gasteiger partial charge on any atom is -0.493 e. The summed E-state index contributed by atoms with van der Waals surface area (Å²) in [4.78, 5) is 22.3. The fraction of sp³-hybridized carbons (Fsp3) is 0.500. The number of ether oxygens (including phenoxy) is 4. The summed E-state index contributed by atoms with van der Waals surface area (Å²) in [5.74, 6) is 1.56. The molecule has 3 rings (SSSR count). The highest BCUT2D eigenvalue weighted by Crippen LogP contribution is 2.33. The molecular weight excluding hydrogens is 563 g/mol.